The Bertz CT molecular complexity index is 491. The highest BCUT2D eigenvalue weighted by Crippen LogP contribution is 2.19. The van der Waals surface area contributed by atoms with Crippen molar-refractivity contribution in [1.82, 2.24) is 10.2 Å². The summed E-state index contributed by atoms with van der Waals surface area (Å²) in [6.45, 7) is 1.85. The molecule has 1 unspecified atom stereocenters. The predicted molar refractivity (Wildman–Crippen MR) is 68.3 cm³/mol. The van der Waals surface area contributed by atoms with E-state index in [1.165, 1.54) is 19.0 Å². The van der Waals surface area contributed by atoms with E-state index in [4.69, 9.17) is 0 Å². The van der Waals surface area contributed by atoms with Gasteiger partial charge >= 0.3 is 0 Å². The Labute approximate surface area is 111 Å². The SMILES string of the molecule is CNC(=O)C(C)CN(C)C(=O)c1cc(F)ccc1O. The van der Waals surface area contributed by atoms with Gasteiger partial charge in [-0.3, -0.25) is 9.59 Å². The molecule has 104 valence electrons. The Hall–Kier alpha value is -2.11. The summed E-state index contributed by atoms with van der Waals surface area (Å²) in [6.07, 6.45) is 0. The lowest BCUT2D eigenvalue weighted by atomic mass is 10.1. The third-order valence-corrected chi connectivity index (χ3v) is 2.78. The zero-order chi connectivity index (χ0) is 14.6. The van der Waals surface area contributed by atoms with E-state index in [0.29, 0.717) is 0 Å². The number of hydrogen-bond acceptors (Lipinski definition) is 3. The average Bonchev–Trinajstić information content (AvgIpc) is 2.39. The predicted octanol–water partition coefficient (Wildman–Crippen LogP) is 0.985. The smallest absolute Gasteiger partial charge is 0.257 e. The van der Waals surface area contributed by atoms with Crippen LogP contribution in [0.3, 0.4) is 0 Å². The highest BCUT2D eigenvalue weighted by molar-refractivity contribution is 5.96. The van der Waals surface area contributed by atoms with Crippen molar-refractivity contribution >= 4 is 11.8 Å². The standard InChI is InChI=1S/C13H17FN2O3/c1-8(12(18)15-2)7-16(3)13(19)10-6-9(14)4-5-11(10)17/h4-6,8,17H,7H2,1-3H3,(H,15,18). The molecule has 0 heterocycles. The van der Waals surface area contributed by atoms with Crippen LogP contribution in [0.1, 0.15) is 17.3 Å². The number of hydrogen-bond donors (Lipinski definition) is 2. The van der Waals surface area contributed by atoms with Crippen LogP contribution in [0, 0.1) is 11.7 Å². The van der Waals surface area contributed by atoms with Gasteiger partial charge in [-0.25, -0.2) is 4.39 Å². The fourth-order valence-electron chi connectivity index (χ4n) is 1.71. The summed E-state index contributed by atoms with van der Waals surface area (Å²) >= 11 is 0. The molecule has 0 bridgehead atoms. The van der Waals surface area contributed by atoms with E-state index >= 15 is 0 Å². The molecule has 0 saturated heterocycles. The van der Waals surface area contributed by atoms with Crippen LogP contribution in [-0.4, -0.2) is 42.5 Å². The minimum Gasteiger partial charge on any atom is -0.507 e. The van der Waals surface area contributed by atoms with Gasteiger partial charge in [0.2, 0.25) is 5.91 Å². The lowest BCUT2D eigenvalue weighted by Gasteiger charge is -2.21. The molecule has 6 heteroatoms. The first-order chi connectivity index (χ1) is 8.86. The molecule has 0 aliphatic carbocycles. The molecule has 1 aromatic rings. The van der Waals surface area contributed by atoms with Crippen molar-refractivity contribution in [2.45, 2.75) is 6.92 Å². The van der Waals surface area contributed by atoms with Crippen LogP contribution in [0.2, 0.25) is 0 Å². The van der Waals surface area contributed by atoms with E-state index < -0.39 is 17.6 Å². The third kappa shape index (κ3) is 3.67. The van der Waals surface area contributed by atoms with E-state index in [0.717, 1.165) is 18.2 Å². The Balaban J connectivity index is 2.82. The molecule has 0 aromatic heterocycles. The maximum absolute atomic E-state index is 13.1. The lowest BCUT2D eigenvalue weighted by molar-refractivity contribution is -0.124. The van der Waals surface area contributed by atoms with Crippen molar-refractivity contribution in [1.29, 1.82) is 0 Å². The number of halogens is 1. The minimum absolute atomic E-state index is 0.119. The molecule has 0 aliphatic heterocycles. The monoisotopic (exact) mass is 268 g/mol. The molecule has 1 rings (SSSR count). The number of carbonyl (C=O) groups excluding carboxylic acids is 2. The van der Waals surface area contributed by atoms with Crippen LogP contribution in [0.4, 0.5) is 4.39 Å². The van der Waals surface area contributed by atoms with Crippen molar-refractivity contribution in [3.05, 3.63) is 29.6 Å². The molecule has 1 aromatic carbocycles. The van der Waals surface area contributed by atoms with E-state index in [9.17, 15) is 19.1 Å². The number of phenols is 1. The highest BCUT2D eigenvalue weighted by Gasteiger charge is 2.20. The summed E-state index contributed by atoms with van der Waals surface area (Å²) in [6, 6.07) is 3.16. The normalized spacial score (nSPS) is 11.8. The second-order valence-corrected chi connectivity index (χ2v) is 4.36. The third-order valence-electron chi connectivity index (χ3n) is 2.78. The largest absolute Gasteiger partial charge is 0.507 e. The Morgan fingerprint density at radius 2 is 2.11 bits per heavy atom. The fraction of sp³-hybridized carbons (Fsp3) is 0.385. The van der Waals surface area contributed by atoms with E-state index in [2.05, 4.69) is 5.32 Å². The topological polar surface area (TPSA) is 69.6 Å². The number of amides is 2. The first-order valence-corrected chi connectivity index (χ1v) is 5.82. The second-order valence-electron chi connectivity index (χ2n) is 4.36. The van der Waals surface area contributed by atoms with E-state index in [-0.39, 0.29) is 23.8 Å². The molecule has 0 fully saturated rings. The van der Waals surface area contributed by atoms with Crippen molar-refractivity contribution in [3.8, 4) is 5.75 Å². The van der Waals surface area contributed by atoms with Crippen LogP contribution in [0.25, 0.3) is 0 Å². The summed E-state index contributed by atoms with van der Waals surface area (Å²) in [5.74, 6) is -2.01. The number of aromatic hydroxyl groups is 1. The molecule has 2 amide bonds. The average molecular weight is 268 g/mol. The molecule has 0 spiro atoms. The molecule has 2 N–H and O–H groups in total. The van der Waals surface area contributed by atoms with Crippen molar-refractivity contribution in [2.75, 3.05) is 20.6 Å². The van der Waals surface area contributed by atoms with Crippen molar-refractivity contribution < 1.29 is 19.1 Å². The van der Waals surface area contributed by atoms with Gasteiger partial charge in [0.25, 0.3) is 5.91 Å². The first-order valence-electron chi connectivity index (χ1n) is 5.82. The Morgan fingerprint density at radius 3 is 2.68 bits per heavy atom. The molecule has 0 radical (unpaired) electrons. The summed E-state index contributed by atoms with van der Waals surface area (Å²) in [5, 5.41) is 12.0. The van der Waals surface area contributed by atoms with Gasteiger partial charge in [0.1, 0.15) is 11.6 Å². The number of phenolic OH excluding ortho intramolecular Hbond substituents is 1. The second kappa shape index (κ2) is 6.17. The number of nitrogens with one attached hydrogen (secondary N) is 1. The summed E-state index contributed by atoms with van der Waals surface area (Å²) in [5.41, 5.74) is -0.119. The minimum atomic E-state index is -0.603. The van der Waals surface area contributed by atoms with Crippen LogP contribution < -0.4 is 5.32 Å². The van der Waals surface area contributed by atoms with Crippen LogP contribution in [0.5, 0.6) is 5.75 Å². The quantitative estimate of drug-likeness (QED) is 0.855. The molecule has 0 saturated carbocycles. The lowest BCUT2D eigenvalue weighted by Crippen LogP contribution is -2.37. The molecule has 19 heavy (non-hydrogen) atoms. The maximum atomic E-state index is 13.1. The van der Waals surface area contributed by atoms with Gasteiger partial charge in [-0.2, -0.15) is 0 Å². The zero-order valence-electron chi connectivity index (χ0n) is 11.1. The summed E-state index contributed by atoms with van der Waals surface area (Å²) in [7, 11) is 3.01. The molecule has 1 atom stereocenters. The molecular formula is C13H17FN2O3. The van der Waals surface area contributed by atoms with Gasteiger partial charge in [0, 0.05) is 20.6 Å². The van der Waals surface area contributed by atoms with Crippen LogP contribution in [-0.2, 0) is 4.79 Å². The first kappa shape index (κ1) is 14.9. The number of rotatable bonds is 4. The van der Waals surface area contributed by atoms with Crippen molar-refractivity contribution in [3.63, 3.8) is 0 Å². The van der Waals surface area contributed by atoms with Gasteiger partial charge in [0.15, 0.2) is 0 Å². The van der Waals surface area contributed by atoms with Crippen LogP contribution >= 0.6 is 0 Å². The summed E-state index contributed by atoms with van der Waals surface area (Å²) in [4.78, 5) is 24.7. The van der Waals surface area contributed by atoms with Gasteiger partial charge in [-0.1, -0.05) is 6.92 Å². The summed E-state index contributed by atoms with van der Waals surface area (Å²) < 4.78 is 13.1. The van der Waals surface area contributed by atoms with E-state index in [1.54, 1.807) is 6.92 Å². The number of carbonyl (C=O) groups is 2. The molecular weight excluding hydrogens is 251 g/mol. The number of nitrogens with zero attached hydrogens (tertiary/aromatic N) is 1. The Morgan fingerprint density at radius 1 is 1.47 bits per heavy atom. The van der Waals surface area contributed by atoms with Gasteiger partial charge in [-0.05, 0) is 18.2 Å². The Kier molecular flexibility index (Phi) is 4.86. The zero-order valence-corrected chi connectivity index (χ0v) is 11.1. The van der Waals surface area contributed by atoms with E-state index in [1.807, 2.05) is 0 Å². The number of benzene rings is 1. The molecule has 5 nitrogen and oxygen atoms in total. The van der Waals surface area contributed by atoms with Gasteiger partial charge in [-0.15, -0.1) is 0 Å². The molecule has 0 aliphatic rings. The van der Waals surface area contributed by atoms with Gasteiger partial charge < -0.3 is 15.3 Å². The van der Waals surface area contributed by atoms with Gasteiger partial charge in [0.05, 0.1) is 11.5 Å². The van der Waals surface area contributed by atoms with Crippen molar-refractivity contribution in [2.24, 2.45) is 5.92 Å². The maximum Gasteiger partial charge on any atom is 0.257 e. The van der Waals surface area contributed by atoms with Crippen LogP contribution in [0.15, 0.2) is 18.2 Å². The fourth-order valence-corrected chi connectivity index (χ4v) is 1.71. The highest BCUT2D eigenvalue weighted by atomic mass is 19.1.